The molecule has 0 aliphatic carbocycles. The molecule has 0 spiro atoms. The molecule has 0 bridgehead atoms. The molecular formula is C11H15NO2. The van der Waals surface area contributed by atoms with Crippen molar-refractivity contribution in [1.82, 2.24) is 4.98 Å². The molecule has 0 aromatic carbocycles. The van der Waals surface area contributed by atoms with E-state index in [1.807, 2.05) is 19.1 Å². The predicted molar refractivity (Wildman–Crippen MR) is 54.1 cm³/mol. The Bertz CT molecular complexity index is 323. The highest BCUT2D eigenvalue weighted by atomic mass is 16.4. The van der Waals surface area contributed by atoms with Crippen LogP contribution in [-0.2, 0) is 11.2 Å². The van der Waals surface area contributed by atoms with Crippen LogP contribution < -0.4 is 0 Å². The van der Waals surface area contributed by atoms with E-state index in [0.29, 0.717) is 6.42 Å². The zero-order valence-corrected chi connectivity index (χ0v) is 8.53. The number of aliphatic carboxylic acids is 1. The fraction of sp³-hybridized carbons (Fsp3) is 0.455. The predicted octanol–water partition coefficient (Wildman–Crippen LogP) is 2.04. The van der Waals surface area contributed by atoms with E-state index in [1.54, 1.807) is 13.1 Å². The van der Waals surface area contributed by atoms with Gasteiger partial charge in [0, 0.05) is 11.9 Å². The summed E-state index contributed by atoms with van der Waals surface area (Å²) in [6, 6.07) is 3.93. The molecule has 1 aromatic heterocycles. The van der Waals surface area contributed by atoms with E-state index in [-0.39, 0.29) is 5.92 Å². The summed E-state index contributed by atoms with van der Waals surface area (Å²) in [5.41, 5.74) is 2.14. The number of aryl methyl sites for hydroxylation is 2. The average molecular weight is 193 g/mol. The summed E-state index contributed by atoms with van der Waals surface area (Å²) in [7, 11) is 0. The third-order valence-corrected chi connectivity index (χ3v) is 2.25. The maximum Gasteiger partial charge on any atom is 0.306 e. The summed E-state index contributed by atoms with van der Waals surface area (Å²) in [4.78, 5) is 14.7. The van der Waals surface area contributed by atoms with Gasteiger partial charge in [-0.05, 0) is 37.5 Å². The first kappa shape index (κ1) is 10.7. The highest BCUT2D eigenvalue weighted by molar-refractivity contribution is 5.69. The monoisotopic (exact) mass is 193 g/mol. The summed E-state index contributed by atoms with van der Waals surface area (Å²) in [5.74, 6) is -1.00. The molecule has 0 amide bonds. The lowest BCUT2D eigenvalue weighted by molar-refractivity contribution is -0.141. The number of rotatable bonds is 4. The zero-order valence-electron chi connectivity index (χ0n) is 8.53. The molecule has 1 aromatic rings. The number of pyridine rings is 1. The highest BCUT2D eigenvalue weighted by Gasteiger charge is 2.10. The first-order chi connectivity index (χ1) is 6.59. The minimum Gasteiger partial charge on any atom is -0.481 e. The Balaban J connectivity index is 2.49. The zero-order chi connectivity index (χ0) is 10.6. The molecule has 0 radical (unpaired) electrons. The van der Waals surface area contributed by atoms with Crippen molar-refractivity contribution < 1.29 is 9.90 Å². The Hall–Kier alpha value is -1.38. The van der Waals surface area contributed by atoms with E-state index in [2.05, 4.69) is 4.98 Å². The quantitative estimate of drug-likeness (QED) is 0.796. The van der Waals surface area contributed by atoms with Crippen LogP contribution in [0, 0.1) is 12.8 Å². The third kappa shape index (κ3) is 3.17. The van der Waals surface area contributed by atoms with Crippen molar-refractivity contribution in [2.24, 2.45) is 5.92 Å². The molecule has 1 N–H and O–H groups in total. The van der Waals surface area contributed by atoms with Gasteiger partial charge in [0.05, 0.1) is 5.92 Å². The molecule has 0 saturated heterocycles. The summed E-state index contributed by atoms with van der Waals surface area (Å²) in [6.45, 7) is 3.67. The Labute approximate surface area is 83.8 Å². The third-order valence-electron chi connectivity index (χ3n) is 2.25. The highest BCUT2D eigenvalue weighted by Crippen LogP contribution is 2.09. The van der Waals surface area contributed by atoms with E-state index in [9.17, 15) is 4.79 Å². The van der Waals surface area contributed by atoms with Gasteiger partial charge in [0.25, 0.3) is 0 Å². The molecule has 3 nitrogen and oxygen atoms in total. The van der Waals surface area contributed by atoms with Crippen molar-refractivity contribution in [2.75, 3.05) is 0 Å². The van der Waals surface area contributed by atoms with Gasteiger partial charge >= 0.3 is 5.97 Å². The molecule has 14 heavy (non-hydrogen) atoms. The second kappa shape index (κ2) is 4.74. The van der Waals surface area contributed by atoms with Gasteiger partial charge in [-0.2, -0.15) is 0 Å². The Kier molecular flexibility index (Phi) is 3.63. The van der Waals surface area contributed by atoms with Gasteiger partial charge in [0.2, 0.25) is 0 Å². The number of carboxylic acids is 1. The van der Waals surface area contributed by atoms with Crippen LogP contribution >= 0.6 is 0 Å². The van der Waals surface area contributed by atoms with E-state index in [1.165, 1.54) is 0 Å². The van der Waals surface area contributed by atoms with Crippen molar-refractivity contribution in [1.29, 1.82) is 0 Å². The lowest BCUT2D eigenvalue weighted by atomic mass is 10.0. The summed E-state index contributed by atoms with van der Waals surface area (Å²) >= 11 is 0. The van der Waals surface area contributed by atoms with Crippen molar-refractivity contribution in [3.63, 3.8) is 0 Å². The molecule has 1 heterocycles. The molecular weight excluding hydrogens is 178 g/mol. The molecule has 76 valence electrons. The first-order valence-corrected chi connectivity index (χ1v) is 4.74. The van der Waals surface area contributed by atoms with Gasteiger partial charge in [-0.25, -0.2) is 0 Å². The molecule has 1 rings (SSSR count). The lowest BCUT2D eigenvalue weighted by Gasteiger charge is -2.05. The van der Waals surface area contributed by atoms with Gasteiger partial charge < -0.3 is 5.11 Å². The normalized spacial score (nSPS) is 12.4. The maximum atomic E-state index is 10.6. The Morgan fingerprint density at radius 2 is 2.36 bits per heavy atom. The molecule has 1 unspecified atom stereocenters. The van der Waals surface area contributed by atoms with Crippen LogP contribution in [0.25, 0.3) is 0 Å². The molecule has 0 fully saturated rings. The number of hydrogen-bond acceptors (Lipinski definition) is 2. The Morgan fingerprint density at radius 3 is 2.93 bits per heavy atom. The van der Waals surface area contributed by atoms with Crippen molar-refractivity contribution >= 4 is 5.97 Å². The molecule has 0 aliphatic heterocycles. The van der Waals surface area contributed by atoms with Gasteiger partial charge in [0.15, 0.2) is 0 Å². The number of carboxylic acid groups (broad SMARTS) is 1. The van der Waals surface area contributed by atoms with Crippen LogP contribution in [-0.4, -0.2) is 16.1 Å². The van der Waals surface area contributed by atoms with Crippen LogP contribution in [0.2, 0.25) is 0 Å². The van der Waals surface area contributed by atoms with E-state index in [4.69, 9.17) is 5.11 Å². The van der Waals surface area contributed by atoms with E-state index < -0.39 is 5.97 Å². The standard InChI is InChI=1S/C11H15NO2/c1-8(11(13)14)3-4-10-5-6-12-9(2)7-10/h5-8H,3-4H2,1-2H3,(H,13,14). The smallest absolute Gasteiger partial charge is 0.306 e. The van der Waals surface area contributed by atoms with Gasteiger partial charge in [0.1, 0.15) is 0 Å². The lowest BCUT2D eigenvalue weighted by Crippen LogP contribution is -2.10. The average Bonchev–Trinajstić information content (AvgIpc) is 2.14. The minimum absolute atomic E-state index is 0.275. The number of hydrogen-bond donors (Lipinski definition) is 1. The van der Waals surface area contributed by atoms with Gasteiger partial charge in [-0.1, -0.05) is 6.92 Å². The molecule has 1 atom stereocenters. The molecule has 0 saturated carbocycles. The summed E-state index contributed by atoms with van der Waals surface area (Å²) in [6.07, 6.45) is 3.24. The second-order valence-electron chi connectivity index (χ2n) is 3.58. The fourth-order valence-electron chi connectivity index (χ4n) is 1.27. The summed E-state index contributed by atoms with van der Waals surface area (Å²) in [5, 5.41) is 8.70. The second-order valence-corrected chi connectivity index (χ2v) is 3.58. The van der Waals surface area contributed by atoms with Gasteiger partial charge in [-0.3, -0.25) is 9.78 Å². The Morgan fingerprint density at radius 1 is 1.64 bits per heavy atom. The first-order valence-electron chi connectivity index (χ1n) is 4.74. The van der Waals surface area contributed by atoms with E-state index >= 15 is 0 Å². The fourth-order valence-corrected chi connectivity index (χ4v) is 1.27. The molecule has 3 heteroatoms. The van der Waals surface area contributed by atoms with Crippen LogP contribution in [0.4, 0.5) is 0 Å². The number of nitrogens with zero attached hydrogens (tertiary/aromatic N) is 1. The van der Waals surface area contributed by atoms with Crippen LogP contribution in [0.1, 0.15) is 24.6 Å². The van der Waals surface area contributed by atoms with E-state index in [0.717, 1.165) is 17.7 Å². The van der Waals surface area contributed by atoms with Crippen LogP contribution in [0.15, 0.2) is 18.3 Å². The van der Waals surface area contributed by atoms with Crippen molar-refractivity contribution in [3.05, 3.63) is 29.6 Å². The van der Waals surface area contributed by atoms with Crippen molar-refractivity contribution in [2.45, 2.75) is 26.7 Å². The number of carbonyl (C=O) groups is 1. The van der Waals surface area contributed by atoms with Gasteiger partial charge in [-0.15, -0.1) is 0 Å². The topological polar surface area (TPSA) is 50.2 Å². The largest absolute Gasteiger partial charge is 0.481 e. The summed E-state index contributed by atoms with van der Waals surface area (Å²) < 4.78 is 0. The minimum atomic E-state index is -0.726. The SMILES string of the molecule is Cc1cc(CCC(C)C(=O)O)ccn1. The number of aromatic nitrogens is 1. The maximum absolute atomic E-state index is 10.6. The van der Waals surface area contributed by atoms with Crippen LogP contribution in [0.3, 0.4) is 0 Å². The molecule has 0 aliphatic rings. The van der Waals surface area contributed by atoms with Crippen LogP contribution in [0.5, 0.6) is 0 Å². The van der Waals surface area contributed by atoms with Crippen molar-refractivity contribution in [3.8, 4) is 0 Å².